The lowest BCUT2D eigenvalue weighted by Gasteiger charge is -2.18. The van der Waals surface area contributed by atoms with E-state index in [1.807, 2.05) is 6.92 Å². The van der Waals surface area contributed by atoms with Crippen molar-refractivity contribution in [2.75, 3.05) is 10.6 Å². The molecular weight excluding hydrogens is 700 g/mol. The molecule has 16 nitrogen and oxygen atoms in total. The number of fused-ring (bicyclic) bond motifs is 3. The van der Waals surface area contributed by atoms with Crippen molar-refractivity contribution in [2.24, 2.45) is 21.8 Å². The van der Waals surface area contributed by atoms with Crippen LogP contribution >= 0.6 is 0 Å². The molecule has 0 aliphatic carbocycles. The smallest absolute Gasteiger partial charge is 0.264 e. The number of amidine groups is 2. The molecule has 0 fully saturated rings. The number of nitrogens with one attached hydrogen (secondary N) is 2. The maximum absolute atomic E-state index is 14.0. The van der Waals surface area contributed by atoms with Gasteiger partial charge in [-0.2, -0.15) is 10.2 Å². The Morgan fingerprint density at radius 3 is 1.79 bits per heavy atom. The van der Waals surface area contributed by atoms with Gasteiger partial charge in [0.25, 0.3) is 6.43 Å². The molecule has 0 spiro atoms. The Morgan fingerprint density at radius 1 is 0.717 bits per heavy atom. The van der Waals surface area contributed by atoms with Gasteiger partial charge in [0.05, 0.1) is 46.6 Å². The van der Waals surface area contributed by atoms with Crippen LogP contribution in [0.25, 0.3) is 22.3 Å². The minimum atomic E-state index is -2.73. The SMILES string of the molecule is C[C@@H](Nc1ccn2ncc(/C(N)=N/O)c2n1)c1cc(F)cc2nccnc12.C[C@@H](Nc1ccn2ncc(/C(N)=N/O)c2n1)c1cc(F)ccc1C(F)F. The van der Waals surface area contributed by atoms with Crippen molar-refractivity contribution in [3.63, 3.8) is 0 Å². The first-order valence-electron chi connectivity index (χ1n) is 15.6. The molecular formula is C33H30F4N14O2. The fraction of sp³-hybridized carbons (Fsp3) is 0.152. The van der Waals surface area contributed by atoms with Gasteiger partial charge >= 0.3 is 0 Å². The van der Waals surface area contributed by atoms with Crippen LogP contribution in [0.5, 0.6) is 0 Å². The van der Waals surface area contributed by atoms with Gasteiger partial charge in [0.15, 0.2) is 23.0 Å². The Labute approximate surface area is 296 Å². The van der Waals surface area contributed by atoms with Crippen LogP contribution in [0, 0.1) is 11.6 Å². The number of alkyl halides is 2. The summed E-state index contributed by atoms with van der Waals surface area (Å²) in [4.78, 5) is 17.2. The summed E-state index contributed by atoms with van der Waals surface area (Å²) in [5.74, 6) is -0.394. The minimum Gasteiger partial charge on any atom is -0.409 e. The lowest BCUT2D eigenvalue weighted by atomic mass is 10.0. The number of hydrogen-bond donors (Lipinski definition) is 6. The average Bonchev–Trinajstić information content (AvgIpc) is 3.78. The maximum atomic E-state index is 14.0. The van der Waals surface area contributed by atoms with Crippen LogP contribution in [-0.4, -0.2) is 61.2 Å². The zero-order valence-electron chi connectivity index (χ0n) is 27.8. The normalized spacial score (nSPS) is 13.3. The van der Waals surface area contributed by atoms with Crippen molar-refractivity contribution in [1.82, 2.24) is 39.2 Å². The van der Waals surface area contributed by atoms with Crippen molar-refractivity contribution < 1.29 is 28.0 Å². The highest BCUT2D eigenvalue weighted by molar-refractivity contribution is 6.02. The molecule has 7 rings (SSSR count). The molecule has 2 aromatic carbocycles. The molecule has 0 radical (unpaired) electrons. The Hall–Kier alpha value is -7.12. The summed E-state index contributed by atoms with van der Waals surface area (Å²) in [5.41, 5.74) is 14.3. The lowest BCUT2D eigenvalue weighted by molar-refractivity contribution is 0.150. The molecule has 0 unspecified atom stereocenters. The molecule has 2 atom stereocenters. The Balaban J connectivity index is 0.000000182. The van der Waals surface area contributed by atoms with Gasteiger partial charge < -0.3 is 32.5 Å². The maximum Gasteiger partial charge on any atom is 0.264 e. The largest absolute Gasteiger partial charge is 0.409 e. The van der Waals surface area contributed by atoms with E-state index in [0.29, 0.717) is 50.7 Å². The van der Waals surface area contributed by atoms with Gasteiger partial charge in [0, 0.05) is 42.0 Å². The molecule has 53 heavy (non-hydrogen) atoms. The van der Waals surface area contributed by atoms with Gasteiger partial charge in [-0.1, -0.05) is 16.4 Å². The van der Waals surface area contributed by atoms with Gasteiger partial charge in [0.1, 0.15) is 23.3 Å². The number of hydrogen-bond acceptors (Lipinski definition) is 12. The summed E-state index contributed by atoms with van der Waals surface area (Å²) in [5, 5.41) is 37.9. The van der Waals surface area contributed by atoms with E-state index in [2.05, 4.69) is 51.1 Å². The molecule has 0 bridgehead atoms. The van der Waals surface area contributed by atoms with Gasteiger partial charge in [-0.15, -0.1) is 0 Å². The molecule has 5 aromatic heterocycles. The third-order valence-electron chi connectivity index (χ3n) is 8.02. The van der Waals surface area contributed by atoms with Crippen LogP contribution < -0.4 is 22.1 Å². The monoisotopic (exact) mass is 730 g/mol. The topological polar surface area (TPSA) is 227 Å². The molecule has 272 valence electrons. The van der Waals surface area contributed by atoms with Crippen LogP contribution in [0.3, 0.4) is 0 Å². The molecule has 8 N–H and O–H groups in total. The summed E-state index contributed by atoms with van der Waals surface area (Å²) < 4.78 is 56.8. The van der Waals surface area contributed by atoms with E-state index < -0.39 is 18.3 Å². The summed E-state index contributed by atoms with van der Waals surface area (Å²) in [6.45, 7) is 3.49. The highest BCUT2D eigenvalue weighted by atomic mass is 19.3. The van der Waals surface area contributed by atoms with E-state index in [0.717, 1.165) is 18.2 Å². The Bertz CT molecular complexity index is 2490. The second-order valence-electron chi connectivity index (χ2n) is 11.5. The first-order chi connectivity index (χ1) is 25.5. The molecule has 7 aromatic rings. The van der Waals surface area contributed by atoms with Gasteiger partial charge in [-0.25, -0.2) is 36.6 Å². The summed E-state index contributed by atoms with van der Waals surface area (Å²) in [6.07, 6.45) is 6.46. The van der Waals surface area contributed by atoms with Crippen molar-refractivity contribution in [1.29, 1.82) is 0 Å². The second kappa shape index (κ2) is 15.0. The van der Waals surface area contributed by atoms with Crippen LogP contribution in [0.4, 0.5) is 29.2 Å². The number of oxime groups is 2. The van der Waals surface area contributed by atoms with E-state index >= 15 is 0 Å². The summed E-state index contributed by atoms with van der Waals surface area (Å²) in [7, 11) is 0. The second-order valence-corrected chi connectivity index (χ2v) is 11.5. The van der Waals surface area contributed by atoms with E-state index in [1.165, 1.54) is 39.8 Å². The highest BCUT2D eigenvalue weighted by Crippen LogP contribution is 2.30. The molecule has 20 heteroatoms. The molecule has 0 saturated heterocycles. The van der Waals surface area contributed by atoms with Crippen LogP contribution in [0.1, 0.15) is 60.2 Å². The molecule has 0 amide bonds. The van der Waals surface area contributed by atoms with E-state index in [-0.39, 0.29) is 34.7 Å². The zero-order chi connectivity index (χ0) is 37.8. The fourth-order valence-electron chi connectivity index (χ4n) is 5.48. The number of rotatable bonds is 9. The van der Waals surface area contributed by atoms with Crippen LogP contribution in [-0.2, 0) is 0 Å². The number of benzene rings is 2. The van der Waals surface area contributed by atoms with Gasteiger partial charge in [0.2, 0.25) is 0 Å². The summed E-state index contributed by atoms with van der Waals surface area (Å²) in [6, 6.07) is 8.26. The number of halogens is 4. The Kier molecular flexibility index (Phi) is 10.1. The average molecular weight is 731 g/mol. The number of aromatic nitrogens is 8. The van der Waals surface area contributed by atoms with Gasteiger partial charge in [-0.3, -0.25) is 9.97 Å². The standard InChI is InChI=1S/C17H15FN8O.C16H15F3N6O/c1-9(11-6-10(18)7-13-15(11)21-4-3-20-13)23-14-2-5-26-17(24-14)12(8-22-26)16(19)25-27;1-8(11-6-9(17)2-3-10(11)14(18)19)22-13-4-5-25-16(23-13)12(7-21-25)15(20)24-26/h2-9,27H,1H3,(H2,19,25)(H,23,24);2-8,14,26H,1H3,(H2,20,24)(H,22,23)/t9-;8-/m11/s1. The molecule has 0 saturated carbocycles. The number of anilines is 2. The fourth-order valence-corrected chi connectivity index (χ4v) is 5.48. The van der Waals surface area contributed by atoms with E-state index in [1.54, 1.807) is 37.6 Å². The predicted octanol–water partition coefficient (Wildman–Crippen LogP) is 5.15. The number of nitrogens with two attached hydrogens (primary N) is 2. The van der Waals surface area contributed by atoms with Gasteiger partial charge in [-0.05, 0) is 49.7 Å². The van der Waals surface area contributed by atoms with Crippen LogP contribution in [0.2, 0.25) is 0 Å². The first kappa shape index (κ1) is 35.7. The quantitative estimate of drug-likeness (QED) is 0.0373. The lowest BCUT2D eigenvalue weighted by Crippen LogP contribution is -2.14. The zero-order valence-corrected chi connectivity index (χ0v) is 27.8. The van der Waals surface area contributed by atoms with Crippen molar-refractivity contribution in [3.05, 3.63) is 119 Å². The summed E-state index contributed by atoms with van der Waals surface area (Å²) >= 11 is 0. The third-order valence-corrected chi connectivity index (χ3v) is 8.02. The first-order valence-corrected chi connectivity index (χ1v) is 15.6. The van der Waals surface area contributed by atoms with Crippen molar-refractivity contribution in [2.45, 2.75) is 32.4 Å². The molecule has 0 aliphatic rings. The van der Waals surface area contributed by atoms with Crippen LogP contribution in [0.15, 0.2) is 90.0 Å². The number of nitrogens with zero attached hydrogens (tertiary/aromatic N) is 10. The van der Waals surface area contributed by atoms with E-state index in [9.17, 15) is 17.6 Å². The highest BCUT2D eigenvalue weighted by Gasteiger charge is 2.20. The molecule has 0 aliphatic heterocycles. The minimum absolute atomic E-state index is 0.0888. The van der Waals surface area contributed by atoms with Crippen molar-refractivity contribution in [3.8, 4) is 0 Å². The predicted molar refractivity (Wildman–Crippen MR) is 186 cm³/mol. The Morgan fingerprint density at radius 2 is 1.25 bits per heavy atom. The molecule has 5 heterocycles. The van der Waals surface area contributed by atoms with E-state index in [4.69, 9.17) is 21.9 Å². The third kappa shape index (κ3) is 7.50. The van der Waals surface area contributed by atoms with Crippen molar-refractivity contribution >= 4 is 45.6 Å².